The molecule has 0 aliphatic heterocycles. The Morgan fingerprint density at radius 1 is 1.45 bits per heavy atom. The van der Waals surface area contributed by atoms with Crippen LogP contribution in [0.5, 0.6) is 0 Å². The highest BCUT2D eigenvalue weighted by Gasteiger charge is 2.24. The molecule has 1 atom stereocenters. The van der Waals surface area contributed by atoms with Gasteiger partial charge in [-0.3, -0.25) is 4.79 Å². The molecule has 1 unspecified atom stereocenters. The molecule has 1 aromatic rings. The number of amides is 1. The van der Waals surface area contributed by atoms with Crippen LogP contribution in [0.1, 0.15) is 48.0 Å². The summed E-state index contributed by atoms with van der Waals surface area (Å²) in [6, 6.07) is -0.931. The molecule has 0 bridgehead atoms. The zero-order valence-corrected chi connectivity index (χ0v) is 12.6. The first-order chi connectivity index (χ1) is 9.47. The monoisotopic (exact) mass is 301 g/mol. The first kappa shape index (κ1) is 16.5. The molecular formula is C12H19N3O4S. The van der Waals surface area contributed by atoms with Gasteiger partial charge in [-0.15, -0.1) is 5.10 Å². The average molecular weight is 301 g/mol. The largest absolute Gasteiger partial charge is 0.480 e. The fourth-order valence-corrected chi connectivity index (χ4v) is 2.37. The van der Waals surface area contributed by atoms with Gasteiger partial charge in [0.2, 0.25) is 0 Å². The number of ether oxygens (including phenoxy) is 1. The standard InChI is InChI=1S/C12H19N3O4S/c1-7(2)9-10(20-15-14-9)11(16)13-8(12(17)18)5-4-6-19-3/h7-8H,4-6H2,1-3H3,(H,13,16)(H,17,18). The van der Waals surface area contributed by atoms with Crippen molar-refractivity contribution in [2.75, 3.05) is 13.7 Å². The van der Waals surface area contributed by atoms with Crippen LogP contribution in [0, 0.1) is 0 Å². The Kier molecular flexibility index (Phi) is 6.53. The molecule has 0 saturated carbocycles. The van der Waals surface area contributed by atoms with Crippen molar-refractivity contribution in [3.05, 3.63) is 10.6 Å². The van der Waals surface area contributed by atoms with Crippen molar-refractivity contribution in [2.45, 2.75) is 38.6 Å². The van der Waals surface area contributed by atoms with Gasteiger partial charge in [0.15, 0.2) is 0 Å². The summed E-state index contributed by atoms with van der Waals surface area (Å²) in [5, 5.41) is 15.5. The van der Waals surface area contributed by atoms with Gasteiger partial charge < -0.3 is 15.2 Å². The number of aliphatic carboxylic acids is 1. The molecule has 7 nitrogen and oxygen atoms in total. The zero-order chi connectivity index (χ0) is 15.1. The summed E-state index contributed by atoms with van der Waals surface area (Å²) in [7, 11) is 1.55. The lowest BCUT2D eigenvalue weighted by atomic mass is 10.1. The van der Waals surface area contributed by atoms with Gasteiger partial charge in [-0.1, -0.05) is 18.3 Å². The number of carbonyl (C=O) groups excluding carboxylic acids is 1. The molecule has 1 amide bonds. The Balaban J connectivity index is 2.70. The molecule has 112 valence electrons. The maximum Gasteiger partial charge on any atom is 0.326 e. The molecule has 0 saturated heterocycles. The molecule has 1 rings (SSSR count). The fourth-order valence-electron chi connectivity index (χ4n) is 1.65. The van der Waals surface area contributed by atoms with Crippen molar-refractivity contribution in [3.63, 3.8) is 0 Å². The maximum absolute atomic E-state index is 12.1. The van der Waals surface area contributed by atoms with E-state index in [1.807, 2.05) is 13.8 Å². The smallest absolute Gasteiger partial charge is 0.326 e. The third-order valence-electron chi connectivity index (χ3n) is 2.71. The van der Waals surface area contributed by atoms with Crippen LogP contribution in [0.15, 0.2) is 0 Å². The van der Waals surface area contributed by atoms with Crippen LogP contribution >= 0.6 is 11.5 Å². The normalized spacial score (nSPS) is 12.4. The van der Waals surface area contributed by atoms with Crippen LogP contribution in [0.4, 0.5) is 0 Å². The predicted molar refractivity (Wildman–Crippen MR) is 74.0 cm³/mol. The number of carboxylic acids is 1. The molecule has 0 aromatic carbocycles. The Morgan fingerprint density at radius 2 is 2.15 bits per heavy atom. The predicted octanol–water partition coefficient (Wildman–Crippen LogP) is 1.27. The summed E-state index contributed by atoms with van der Waals surface area (Å²) in [6.45, 7) is 4.26. The summed E-state index contributed by atoms with van der Waals surface area (Å²) < 4.78 is 8.63. The molecule has 0 aliphatic carbocycles. The molecule has 8 heteroatoms. The van der Waals surface area contributed by atoms with Crippen LogP contribution in [0.2, 0.25) is 0 Å². The van der Waals surface area contributed by atoms with Crippen molar-refractivity contribution < 1.29 is 19.4 Å². The van der Waals surface area contributed by atoms with Gasteiger partial charge in [0.05, 0.1) is 5.69 Å². The molecule has 0 spiro atoms. The summed E-state index contributed by atoms with van der Waals surface area (Å²) in [4.78, 5) is 23.6. The van der Waals surface area contributed by atoms with Crippen LogP contribution in [-0.4, -0.2) is 46.3 Å². The van der Waals surface area contributed by atoms with E-state index in [1.54, 1.807) is 7.11 Å². The molecule has 1 heterocycles. The van der Waals surface area contributed by atoms with E-state index in [4.69, 9.17) is 9.84 Å². The van der Waals surface area contributed by atoms with Crippen molar-refractivity contribution in [3.8, 4) is 0 Å². The number of aromatic nitrogens is 2. The quantitative estimate of drug-likeness (QED) is 0.701. The molecule has 20 heavy (non-hydrogen) atoms. The maximum atomic E-state index is 12.1. The van der Waals surface area contributed by atoms with Gasteiger partial charge in [-0.25, -0.2) is 4.79 Å². The van der Waals surface area contributed by atoms with E-state index in [-0.39, 0.29) is 5.92 Å². The lowest BCUT2D eigenvalue weighted by Crippen LogP contribution is -2.41. The second-order valence-corrected chi connectivity index (χ2v) is 5.40. The first-order valence-corrected chi connectivity index (χ1v) is 7.09. The Hall–Kier alpha value is -1.54. The fraction of sp³-hybridized carbons (Fsp3) is 0.667. The van der Waals surface area contributed by atoms with Crippen LogP contribution in [-0.2, 0) is 9.53 Å². The Labute approximate surface area is 121 Å². The van der Waals surface area contributed by atoms with E-state index in [0.717, 1.165) is 11.5 Å². The van der Waals surface area contributed by atoms with Gasteiger partial charge in [0.1, 0.15) is 10.9 Å². The van der Waals surface area contributed by atoms with Crippen molar-refractivity contribution in [1.29, 1.82) is 0 Å². The van der Waals surface area contributed by atoms with Crippen LogP contribution in [0.25, 0.3) is 0 Å². The zero-order valence-electron chi connectivity index (χ0n) is 11.8. The molecule has 1 aromatic heterocycles. The topological polar surface area (TPSA) is 101 Å². The Bertz CT molecular complexity index is 461. The average Bonchev–Trinajstić information content (AvgIpc) is 2.86. The number of rotatable bonds is 8. The minimum Gasteiger partial charge on any atom is -0.480 e. The van der Waals surface area contributed by atoms with E-state index in [2.05, 4.69) is 14.9 Å². The lowest BCUT2D eigenvalue weighted by Gasteiger charge is -2.14. The lowest BCUT2D eigenvalue weighted by molar-refractivity contribution is -0.139. The number of carbonyl (C=O) groups is 2. The van der Waals surface area contributed by atoms with Crippen LogP contribution < -0.4 is 5.32 Å². The number of hydrogen-bond acceptors (Lipinski definition) is 6. The third-order valence-corrected chi connectivity index (χ3v) is 3.45. The van der Waals surface area contributed by atoms with Crippen LogP contribution in [0.3, 0.4) is 0 Å². The number of hydrogen-bond donors (Lipinski definition) is 2. The number of carboxylic acid groups (broad SMARTS) is 1. The molecular weight excluding hydrogens is 282 g/mol. The second-order valence-electron chi connectivity index (χ2n) is 4.64. The number of nitrogens with zero attached hydrogens (tertiary/aromatic N) is 2. The van der Waals surface area contributed by atoms with E-state index >= 15 is 0 Å². The van der Waals surface area contributed by atoms with Crippen molar-refractivity contribution in [1.82, 2.24) is 14.9 Å². The third kappa shape index (κ3) is 4.53. The highest BCUT2D eigenvalue weighted by atomic mass is 32.1. The van der Waals surface area contributed by atoms with Gasteiger partial charge in [-0.05, 0) is 30.3 Å². The molecule has 0 radical (unpaired) electrons. The van der Waals surface area contributed by atoms with Gasteiger partial charge in [-0.2, -0.15) is 0 Å². The second kappa shape index (κ2) is 7.91. The Morgan fingerprint density at radius 3 is 2.70 bits per heavy atom. The van der Waals surface area contributed by atoms with Gasteiger partial charge >= 0.3 is 5.97 Å². The summed E-state index contributed by atoms with van der Waals surface area (Å²) in [5.41, 5.74) is 0.591. The minimum atomic E-state index is -1.06. The van der Waals surface area contributed by atoms with Gasteiger partial charge in [0.25, 0.3) is 5.91 Å². The van der Waals surface area contributed by atoms with E-state index in [0.29, 0.717) is 30.0 Å². The minimum absolute atomic E-state index is 0.0614. The number of methoxy groups -OCH3 is 1. The van der Waals surface area contributed by atoms with E-state index in [1.165, 1.54) is 0 Å². The van der Waals surface area contributed by atoms with E-state index < -0.39 is 17.9 Å². The summed E-state index contributed by atoms with van der Waals surface area (Å²) in [5.74, 6) is -1.43. The highest BCUT2D eigenvalue weighted by molar-refractivity contribution is 7.08. The highest BCUT2D eigenvalue weighted by Crippen LogP contribution is 2.19. The first-order valence-electron chi connectivity index (χ1n) is 6.32. The van der Waals surface area contributed by atoms with E-state index in [9.17, 15) is 9.59 Å². The summed E-state index contributed by atoms with van der Waals surface area (Å²) in [6.07, 6.45) is 0.879. The molecule has 0 aliphatic rings. The molecule has 2 N–H and O–H groups in total. The number of nitrogens with one attached hydrogen (secondary N) is 1. The molecule has 0 fully saturated rings. The van der Waals surface area contributed by atoms with Crippen molar-refractivity contribution >= 4 is 23.4 Å². The van der Waals surface area contributed by atoms with Gasteiger partial charge in [0, 0.05) is 13.7 Å². The van der Waals surface area contributed by atoms with Crippen molar-refractivity contribution in [2.24, 2.45) is 0 Å². The SMILES string of the molecule is COCCCC(NC(=O)c1snnc1C(C)C)C(=O)O. The summed E-state index contributed by atoms with van der Waals surface area (Å²) >= 11 is 0.977.